The summed E-state index contributed by atoms with van der Waals surface area (Å²) in [4.78, 5) is 15.1. The molecule has 2 aromatic rings. The molecule has 2 aromatic carbocycles. The molecule has 0 fully saturated rings. The highest BCUT2D eigenvalue weighted by atomic mass is 79.9. The topological polar surface area (TPSA) is 52.5 Å². The van der Waals surface area contributed by atoms with Gasteiger partial charge in [0.1, 0.15) is 0 Å². The molecule has 0 atom stereocenters. The van der Waals surface area contributed by atoms with Gasteiger partial charge in [-0.25, -0.2) is 0 Å². The molecule has 0 aliphatic rings. The fourth-order valence-electron chi connectivity index (χ4n) is 1.64. The van der Waals surface area contributed by atoms with Crippen LogP contribution >= 0.6 is 15.9 Å². The molecule has 0 unspecified atom stereocenters. The summed E-state index contributed by atoms with van der Waals surface area (Å²) >= 11 is 3.38. The number of carbonyl (C=O) groups excluding carboxylic acids is 1. The number of para-hydroxylation sites is 1. The van der Waals surface area contributed by atoms with Crippen LogP contribution in [-0.2, 0) is 0 Å². The van der Waals surface area contributed by atoms with Gasteiger partial charge in [0, 0.05) is 16.3 Å². The van der Waals surface area contributed by atoms with Gasteiger partial charge < -0.3 is 9.90 Å². The first-order chi connectivity index (χ1) is 9.66. The number of benzene rings is 2. The van der Waals surface area contributed by atoms with E-state index < -0.39 is 5.97 Å². The SMILES string of the molecule is O=C([O-])c1ccccc1N=CC(Br)=Cc1ccccc1. The minimum absolute atomic E-state index is 0.0729. The number of rotatable bonds is 4. The summed E-state index contributed by atoms with van der Waals surface area (Å²) in [5.74, 6) is -1.24. The second-order valence-electron chi connectivity index (χ2n) is 4.00. The minimum Gasteiger partial charge on any atom is -0.545 e. The second kappa shape index (κ2) is 6.82. The smallest absolute Gasteiger partial charge is 0.0737 e. The summed E-state index contributed by atoms with van der Waals surface area (Å²) in [6.07, 6.45) is 3.46. The van der Waals surface area contributed by atoms with Gasteiger partial charge in [0.05, 0.1) is 11.7 Å². The van der Waals surface area contributed by atoms with E-state index in [1.54, 1.807) is 24.4 Å². The maximum Gasteiger partial charge on any atom is 0.0737 e. The molecule has 0 aliphatic heterocycles. The second-order valence-corrected chi connectivity index (χ2v) is 4.92. The Kier molecular flexibility index (Phi) is 4.85. The van der Waals surface area contributed by atoms with E-state index in [0.717, 1.165) is 10.0 Å². The minimum atomic E-state index is -1.24. The molecular weight excluding hydrogens is 318 g/mol. The fraction of sp³-hybridized carbons (Fsp3) is 0. The molecule has 0 saturated carbocycles. The zero-order valence-electron chi connectivity index (χ0n) is 10.5. The summed E-state index contributed by atoms with van der Waals surface area (Å²) in [7, 11) is 0. The number of aromatic carboxylic acids is 1. The van der Waals surface area contributed by atoms with Crippen LogP contribution in [-0.4, -0.2) is 12.2 Å². The van der Waals surface area contributed by atoms with Crippen LogP contribution in [0.15, 0.2) is 64.1 Å². The van der Waals surface area contributed by atoms with Crippen molar-refractivity contribution in [2.24, 2.45) is 4.99 Å². The Morgan fingerprint density at radius 1 is 1.05 bits per heavy atom. The van der Waals surface area contributed by atoms with Crippen LogP contribution in [0.3, 0.4) is 0 Å². The Labute approximate surface area is 125 Å². The molecule has 3 nitrogen and oxygen atoms in total. The predicted octanol–water partition coefficient (Wildman–Crippen LogP) is 3.19. The van der Waals surface area contributed by atoms with Gasteiger partial charge in [0.15, 0.2) is 0 Å². The molecule has 0 N–H and O–H groups in total. The highest BCUT2D eigenvalue weighted by molar-refractivity contribution is 9.12. The van der Waals surface area contributed by atoms with Gasteiger partial charge in [-0.2, -0.15) is 0 Å². The summed E-state index contributed by atoms with van der Waals surface area (Å²) in [6.45, 7) is 0. The zero-order valence-corrected chi connectivity index (χ0v) is 12.1. The molecule has 0 heterocycles. The number of allylic oxidation sites excluding steroid dienone is 1. The van der Waals surface area contributed by atoms with E-state index >= 15 is 0 Å². The summed E-state index contributed by atoms with van der Waals surface area (Å²) < 4.78 is 0.747. The highest BCUT2D eigenvalue weighted by Crippen LogP contribution is 2.19. The normalized spacial score (nSPS) is 11.8. The van der Waals surface area contributed by atoms with Crippen LogP contribution in [0.25, 0.3) is 6.08 Å². The van der Waals surface area contributed by atoms with Gasteiger partial charge in [-0.05, 0) is 33.6 Å². The van der Waals surface area contributed by atoms with Crippen LogP contribution in [0.2, 0.25) is 0 Å². The van der Waals surface area contributed by atoms with E-state index in [9.17, 15) is 9.90 Å². The van der Waals surface area contributed by atoms with Gasteiger partial charge in [0.25, 0.3) is 0 Å². The van der Waals surface area contributed by atoms with E-state index in [4.69, 9.17) is 0 Å². The monoisotopic (exact) mass is 328 g/mol. The van der Waals surface area contributed by atoms with Gasteiger partial charge in [0.2, 0.25) is 0 Å². The Morgan fingerprint density at radius 2 is 1.70 bits per heavy atom. The standard InChI is InChI=1S/C16H12BrNO2/c17-13(10-12-6-2-1-3-7-12)11-18-15-9-5-4-8-14(15)16(19)20/h1-11H,(H,19,20)/p-1. The van der Waals surface area contributed by atoms with Crippen LogP contribution in [0, 0.1) is 0 Å². The zero-order chi connectivity index (χ0) is 14.4. The van der Waals surface area contributed by atoms with Crippen LogP contribution < -0.4 is 5.11 Å². The molecule has 2 rings (SSSR count). The Hall–Kier alpha value is -2.20. The van der Waals surface area contributed by atoms with Crippen molar-refractivity contribution in [2.45, 2.75) is 0 Å². The maximum absolute atomic E-state index is 10.9. The summed E-state index contributed by atoms with van der Waals surface area (Å²) in [6, 6.07) is 16.2. The predicted molar refractivity (Wildman–Crippen MR) is 82.3 cm³/mol. The lowest BCUT2D eigenvalue weighted by molar-refractivity contribution is -0.254. The lowest BCUT2D eigenvalue weighted by Crippen LogP contribution is -2.22. The number of hydrogen-bond donors (Lipinski definition) is 0. The molecule has 0 bridgehead atoms. The third kappa shape index (κ3) is 3.90. The van der Waals surface area contributed by atoms with E-state index in [-0.39, 0.29) is 5.56 Å². The molecule has 100 valence electrons. The van der Waals surface area contributed by atoms with E-state index in [0.29, 0.717) is 5.69 Å². The van der Waals surface area contributed by atoms with Gasteiger partial charge in [-0.15, -0.1) is 0 Å². The van der Waals surface area contributed by atoms with Crippen LogP contribution in [0.4, 0.5) is 5.69 Å². The van der Waals surface area contributed by atoms with Gasteiger partial charge >= 0.3 is 0 Å². The van der Waals surface area contributed by atoms with E-state index in [1.807, 2.05) is 36.4 Å². The van der Waals surface area contributed by atoms with Crippen molar-refractivity contribution in [1.82, 2.24) is 0 Å². The number of carboxylic acid groups (broad SMARTS) is 1. The van der Waals surface area contributed by atoms with Crippen molar-refractivity contribution < 1.29 is 9.90 Å². The number of carboxylic acids is 1. The van der Waals surface area contributed by atoms with Crippen molar-refractivity contribution in [3.63, 3.8) is 0 Å². The number of halogens is 1. The summed E-state index contributed by atoms with van der Waals surface area (Å²) in [5, 5.41) is 10.9. The Morgan fingerprint density at radius 3 is 2.40 bits per heavy atom. The average molecular weight is 329 g/mol. The maximum atomic E-state index is 10.9. The highest BCUT2D eigenvalue weighted by Gasteiger charge is 1.99. The molecule has 0 saturated heterocycles. The van der Waals surface area contributed by atoms with Crippen molar-refractivity contribution in [2.75, 3.05) is 0 Å². The van der Waals surface area contributed by atoms with Crippen molar-refractivity contribution >= 4 is 39.9 Å². The third-order valence-corrected chi connectivity index (χ3v) is 2.99. The molecule has 0 radical (unpaired) electrons. The van der Waals surface area contributed by atoms with Crippen LogP contribution in [0.5, 0.6) is 0 Å². The molecule has 20 heavy (non-hydrogen) atoms. The quantitative estimate of drug-likeness (QED) is 0.809. The average Bonchev–Trinajstić information content (AvgIpc) is 2.46. The molecule has 0 aliphatic carbocycles. The number of carbonyl (C=O) groups is 1. The van der Waals surface area contributed by atoms with Crippen molar-refractivity contribution in [1.29, 1.82) is 0 Å². The molecular formula is C16H11BrNO2-. The lowest BCUT2D eigenvalue weighted by atomic mass is 10.2. The van der Waals surface area contributed by atoms with E-state index in [1.165, 1.54) is 6.07 Å². The lowest BCUT2D eigenvalue weighted by Gasteiger charge is -2.05. The summed E-state index contributed by atoms with van der Waals surface area (Å²) in [5.41, 5.74) is 1.47. The first-order valence-electron chi connectivity index (χ1n) is 5.93. The van der Waals surface area contributed by atoms with Crippen molar-refractivity contribution in [3.8, 4) is 0 Å². The molecule has 4 heteroatoms. The first-order valence-corrected chi connectivity index (χ1v) is 6.73. The van der Waals surface area contributed by atoms with Crippen LogP contribution in [0.1, 0.15) is 15.9 Å². The van der Waals surface area contributed by atoms with Gasteiger partial charge in [-0.3, -0.25) is 4.99 Å². The number of nitrogens with zero attached hydrogens (tertiary/aromatic N) is 1. The van der Waals surface area contributed by atoms with Gasteiger partial charge in [-0.1, -0.05) is 48.5 Å². The number of hydrogen-bond acceptors (Lipinski definition) is 3. The van der Waals surface area contributed by atoms with E-state index in [2.05, 4.69) is 20.9 Å². The molecule has 0 spiro atoms. The Bertz CT molecular complexity index is 663. The molecule has 0 aromatic heterocycles. The first kappa shape index (κ1) is 14.2. The fourth-order valence-corrected chi connectivity index (χ4v) is 2.00. The largest absolute Gasteiger partial charge is 0.545 e. The number of aliphatic imine (C=N–C) groups is 1. The Balaban J connectivity index is 2.22. The van der Waals surface area contributed by atoms with Crippen molar-refractivity contribution in [3.05, 3.63) is 70.2 Å². The molecule has 0 amide bonds. The third-order valence-electron chi connectivity index (χ3n) is 2.56.